The fourth-order valence-corrected chi connectivity index (χ4v) is 2.57. The van der Waals surface area contributed by atoms with E-state index < -0.39 is 0 Å². The molecule has 0 fully saturated rings. The Morgan fingerprint density at radius 3 is 2.59 bits per heavy atom. The van der Waals surface area contributed by atoms with Gasteiger partial charge in [0, 0.05) is 17.1 Å². The lowest BCUT2D eigenvalue weighted by Crippen LogP contribution is -2.26. The van der Waals surface area contributed by atoms with Crippen molar-refractivity contribution >= 4 is 21.8 Å². The van der Waals surface area contributed by atoms with Gasteiger partial charge in [-0.3, -0.25) is 4.79 Å². The first-order valence-electron chi connectivity index (χ1n) is 6.89. The standard InChI is InChI=1S/C17H18BrNO3/c1-21-13-8-7-12(16(11-13)22-2)9-10-19-17(20)14-5-3-4-6-15(14)18/h3-8,11H,9-10H2,1-2H3,(H,19,20). The van der Waals surface area contributed by atoms with Crippen LogP contribution in [0.5, 0.6) is 11.5 Å². The molecule has 0 aliphatic rings. The van der Waals surface area contributed by atoms with E-state index in [2.05, 4.69) is 21.2 Å². The lowest BCUT2D eigenvalue weighted by Gasteiger charge is -2.11. The Hall–Kier alpha value is -2.01. The summed E-state index contributed by atoms with van der Waals surface area (Å²) in [4.78, 5) is 12.1. The Morgan fingerprint density at radius 1 is 1.14 bits per heavy atom. The van der Waals surface area contributed by atoms with Crippen molar-refractivity contribution in [3.63, 3.8) is 0 Å². The first-order valence-corrected chi connectivity index (χ1v) is 7.68. The van der Waals surface area contributed by atoms with Crippen LogP contribution in [-0.4, -0.2) is 26.7 Å². The molecule has 0 bridgehead atoms. The number of benzene rings is 2. The van der Waals surface area contributed by atoms with Crippen molar-refractivity contribution in [1.82, 2.24) is 5.32 Å². The van der Waals surface area contributed by atoms with Crippen LogP contribution in [0.4, 0.5) is 0 Å². The molecule has 116 valence electrons. The summed E-state index contributed by atoms with van der Waals surface area (Å²) < 4.78 is 11.3. The molecule has 0 saturated heterocycles. The van der Waals surface area contributed by atoms with Crippen molar-refractivity contribution in [2.75, 3.05) is 20.8 Å². The molecule has 2 aromatic rings. The molecular formula is C17H18BrNO3. The number of carbonyl (C=O) groups excluding carboxylic acids is 1. The van der Waals surface area contributed by atoms with Crippen LogP contribution in [0.15, 0.2) is 46.9 Å². The van der Waals surface area contributed by atoms with Gasteiger partial charge >= 0.3 is 0 Å². The zero-order valence-electron chi connectivity index (χ0n) is 12.6. The molecule has 0 aromatic heterocycles. The summed E-state index contributed by atoms with van der Waals surface area (Å²) in [5.74, 6) is 1.41. The lowest BCUT2D eigenvalue weighted by atomic mass is 10.1. The number of hydrogen-bond donors (Lipinski definition) is 1. The molecule has 4 nitrogen and oxygen atoms in total. The molecule has 2 aromatic carbocycles. The summed E-state index contributed by atoms with van der Waals surface area (Å²) in [7, 11) is 3.24. The van der Waals surface area contributed by atoms with Gasteiger partial charge in [0.1, 0.15) is 11.5 Å². The van der Waals surface area contributed by atoms with Crippen LogP contribution < -0.4 is 14.8 Å². The van der Waals surface area contributed by atoms with E-state index in [-0.39, 0.29) is 5.91 Å². The highest BCUT2D eigenvalue weighted by molar-refractivity contribution is 9.10. The van der Waals surface area contributed by atoms with E-state index in [1.165, 1.54) is 0 Å². The quantitative estimate of drug-likeness (QED) is 0.854. The Balaban J connectivity index is 1.96. The van der Waals surface area contributed by atoms with E-state index >= 15 is 0 Å². The van der Waals surface area contributed by atoms with E-state index in [1.54, 1.807) is 20.3 Å². The summed E-state index contributed by atoms with van der Waals surface area (Å²) in [6.45, 7) is 0.531. The summed E-state index contributed by atoms with van der Waals surface area (Å²) >= 11 is 3.38. The van der Waals surface area contributed by atoms with Crippen molar-refractivity contribution in [3.8, 4) is 11.5 Å². The molecule has 0 aliphatic heterocycles. The number of methoxy groups -OCH3 is 2. The van der Waals surface area contributed by atoms with Gasteiger partial charge in [-0.15, -0.1) is 0 Å². The van der Waals surface area contributed by atoms with Gasteiger partial charge in [-0.25, -0.2) is 0 Å². The van der Waals surface area contributed by atoms with Crippen molar-refractivity contribution in [1.29, 1.82) is 0 Å². The average molecular weight is 364 g/mol. The average Bonchev–Trinajstić information content (AvgIpc) is 2.55. The Labute approximate surface area is 138 Å². The second-order valence-electron chi connectivity index (χ2n) is 4.66. The third-order valence-electron chi connectivity index (χ3n) is 3.29. The van der Waals surface area contributed by atoms with Gasteiger partial charge in [-0.2, -0.15) is 0 Å². The molecule has 1 amide bonds. The fourth-order valence-electron chi connectivity index (χ4n) is 2.11. The largest absolute Gasteiger partial charge is 0.497 e. The van der Waals surface area contributed by atoms with Crippen LogP contribution in [0.25, 0.3) is 0 Å². The van der Waals surface area contributed by atoms with Crippen LogP contribution in [0.2, 0.25) is 0 Å². The van der Waals surface area contributed by atoms with Crippen molar-refractivity contribution in [2.45, 2.75) is 6.42 Å². The predicted molar refractivity (Wildman–Crippen MR) is 89.7 cm³/mol. The molecule has 0 spiro atoms. The number of hydrogen-bond acceptors (Lipinski definition) is 3. The van der Waals surface area contributed by atoms with Crippen LogP contribution in [0, 0.1) is 0 Å². The first-order chi connectivity index (χ1) is 10.7. The smallest absolute Gasteiger partial charge is 0.252 e. The number of halogens is 1. The second kappa shape index (κ2) is 7.84. The highest BCUT2D eigenvalue weighted by atomic mass is 79.9. The van der Waals surface area contributed by atoms with Gasteiger partial charge < -0.3 is 14.8 Å². The zero-order valence-corrected chi connectivity index (χ0v) is 14.1. The normalized spacial score (nSPS) is 10.1. The topological polar surface area (TPSA) is 47.6 Å². The minimum Gasteiger partial charge on any atom is -0.497 e. The van der Waals surface area contributed by atoms with Crippen molar-refractivity contribution < 1.29 is 14.3 Å². The Bertz CT molecular complexity index is 658. The van der Waals surface area contributed by atoms with Crippen LogP contribution in [-0.2, 0) is 6.42 Å². The van der Waals surface area contributed by atoms with E-state index in [4.69, 9.17) is 9.47 Å². The Kier molecular flexibility index (Phi) is 5.83. The Morgan fingerprint density at radius 2 is 1.91 bits per heavy atom. The summed E-state index contributed by atoms with van der Waals surface area (Å²) in [6, 6.07) is 13.0. The van der Waals surface area contributed by atoms with Gasteiger partial charge in [-0.05, 0) is 46.1 Å². The van der Waals surface area contributed by atoms with Crippen LogP contribution in [0.3, 0.4) is 0 Å². The number of amides is 1. The van der Waals surface area contributed by atoms with Gasteiger partial charge in [0.2, 0.25) is 0 Å². The summed E-state index contributed by atoms with van der Waals surface area (Å²) in [5, 5.41) is 2.91. The molecule has 0 radical (unpaired) electrons. The number of nitrogens with one attached hydrogen (secondary N) is 1. The van der Waals surface area contributed by atoms with E-state index in [1.807, 2.05) is 36.4 Å². The monoisotopic (exact) mass is 363 g/mol. The molecule has 1 N–H and O–H groups in total. The van der Waals surface area contributed by atoms with E-state index in [0.29, 0.717) is 18.5 Å². The number of carbonyl (C=O) groups is 1. The number of rotatable bonds is 6. The molecule has 0 aliphatic carbocycles. The molecule has 0 atom stereocenters. The first kappa shape index (κ1) is 16.4. The molecule has 0 saturated carbocycles. The molecule has 0 heterocycles. The van der Waals surface area contributed by atoms with E-state index in [9.17, 15) is 4.79 Å². The maximum absolute atomic E-state index is 12.1. The molecule has 5 heteroatoms. The maximum atomic E-state index is 12.1. The molecular weight excluding hydrogens is 346 g/mol. The van der Waals surface area contributed by atoms with Gasteiger partial charge in [0.15, 0.2) is 0 Å². The molecule has 2 rings (SSSR count). The maximum Gasteiger partial charge on any atom is 0.252 e. The lowest BCUT2D eigenvalue weighted by molar-refractivity contribution is 0.0953. The summed E-state index contributed by atoms with van der Waals surface area (Å²) in [5.41, 5.74) is 1.65. The van der Waals surface area contributed by atoms with Crippen LogP contribution >= 0.6 is 15.9 Å². The number of ether oxygens (including phenoxy) is 2. The molecule has 0 unspecified atom stereocenters. The minimum absolute atomic E-state index is 0.0973. The molecule has 22 heavy (non-hydrogen) atoms. The zero-order chi connectivity index (χ0) is 15.9. The van der Waals surface area contributed by atoms with Crippen molar-refractivity contribution in [3.05, 3.63) is 58.1 Å². The third-order valence-corrected chi connectivity index (χ3v) is 3.98. The fraction of sp³-hybridized carbons (Fsp3) is 0.235. The van der Waals surface area contributed by atoms with Gasteiger partial charge in [0.05, 0.1) is 19.8 Å². The summed E-state index contributed by atoms with van der Waals surface area (Å²) in [6.07, 6.45) is 0.684. The SMILES string of the molecule is COc1ccc(CCNC(=O)c2ccccc2Br)c(OC)c1. The van der Waals surface area contributed by atoms with Gasteiger partial charge in [0.25, 0.3) is 5.91 Å². The highest BCUT2D eigenvalue weighted by Crippen LogP contribution is 2.24. The third kappa shape index (κ3) is 4.01. The minimum atomic E-state index is -0.0973. The van der Waals surface area contributed by atoms with Crippen LogP contribution in [0.1, 0.15) is 15.9 Å². The van der Waals surface area contributed by atoms with Gasteiger partial charge in [-0.1, -0.05) is 18.2 Å². The highest BCUT2D eigenvalue weighted by Gasteiger charge is 2.09. The predicted octanol–water partition coefficient (Wildman–Crippen LogP) is 3.44. The van der Waals surface area contributed by atoms with Crippen molar-refractivity contribution in [2.24, 2.45) is 0 Å². The van der Waals surface area contributed by atoms with E-state index in [0.717, 1.165) is 21.5 Å². The second-order valence-corrected chi connectivity index (χ2v) is 5.52.